The van der Waals surface area contributed by atoms with Gasteiger partial charge in [0.1, 0.15) is 0 Å². The molecule has 1 saturated carbocycles. The summed E-state index contributed by atoms with van der Waals surface area (Å²) in [5.41, 5.74) is 0.367. The van der Waals surface area contributed by atoms with E-state index < -0.39 is 5.41 Å². The molecule has 0 bridgehead atoms. The lowest BCUT2D eigenvalue weighted by atomic mass is 9.48. The van der Waals surface area contributed by atoms with Crippen LogP contribution >= 0.6 is 0 Å². The summed E-state index contributed by atoms with van der Waals surface area (Å²) in [5.74, 6) is -0.0758. The van der Waals surface area contributed by atoms with Crippen LogP contribution in [0.15, 0.2) is 11.6 Å². The molecule has 3 atom stereocenters. The predicted molar refractivity (Wildman–Crippen MR) is 66.8 cm³/mol. The molecule has 1 heterocycles. The van der Waals surface area contributed by atoms with Gasteiger partial charge < -0.3 is 4.74 Å². The zero-order chi connectivity index (χ0) is 13.1. The van der Waals surface area contributed by atoms with Crippen molar-refractivity contribution in [1.82, 2.24) is 0 Å². The number of ketones is 1. The number of ether oxygens (including phenoxy) is 1. The molecule has 0 aromatic rings. The Labute approximate surface area is 108 Å². The lowest BCUT2D eigenvalue weighted by Gasteiger charge is -2.51. The molecule has 0 aromatic heterocycles. The molecule has 98 valence electrons. The molecule has 0 amide bonds. The third-order valence-electron chi connectivity index (χ3n) is 5.30. The van der Waals surface area contributed by atoms with E-state index in [0.29, 0.717) is 6.61 Å². The summed E-state index contributed by atoms with van der Waals surface area (Å²) in [6.07, 6.45) is 4.58. The smallest absolute Gasteiger partial charge is 0.313 e. The predicted octanol–water partition coefficient (Wildman–Crippen LogP) is 2.50. The second-order valence-corrected chi connectivity index (χ2v) is 6.76. The van der Waals surface area contributed by atoms with E-state index in [0.717, 1.165) is 24.8 Å². The maximum Gasteiger partial charge on any atom is 0.313 e. The van der Waals surface area contributed by atoms with Crippen LogP contribution in [0.3, 0.4) is 0 Å². The number of esters is 1. The Hall–Kier alpha value is -1.12. The van der Waals surface area contributed by atoms with Crippen molar-refractivity contribution < 1.29 is 14.3 Å². The Morgan fingerprint density at radius 1 is 1.28 bits per heavy atom. The molecule has 3 heteroatoms. The first-order chi connectivity index (χ1) is 8.39. The third-order valence-corrected chi connectivity index (χ3v) is 5.30. The van der Waals surface area contributed by atoms with Crippen LogP contribution in [0.4, 0.5) is 0 Å². The maximum absolute atomic E-state index is 12.5. The van der Waals surface area contributed by atoms with Crippen LogP contribution < -0.4 is 0 Å². The first-order valence-electron chi connectivity index (χ1n) is 6.79. The first-order valence-corrected chi connectivity index (χ1v) is 6.79. The van der Waals surface area contributed by atoms with Crippen molar-refractivity contribution in [3.63, 3.8) is 0 Å². The largest absolute Gasteiger partial charge is 0.465 e. The maximum atomic E-state index is 12.5. The lowest BCUT2D eigenvalue weighted by Crippen LogP contribution is -2.55. The zero-order valence-electron chi connectivity index (χ0n) is 11.3. The molecule has 0 radical (unpaired) electrons. The molecule has 0 aromatic carbocycles. The van der Waals surface area contributed by atoms with Crippen molar-refractivity contribution >= 4 is 11.8 Å². The van der Waals surface area contributed by atoms with Crippen LogP contribution in [0, 0.1) is 22.7 Å². The minimum absolute atomic E-state index is 0.103. The van der Waals surface area contributed by atoms with Crippen molar-refractivity contribution in [2.24, 2.45) is 22.7 Å². The quantitative estimate of drug-likeness (QED) is 0.619. The monoisotopic (exact) mass is 248 g/mol. The minimum atomic E-state index is -0.558. The molecule has 2 fully saturated rings. The van der Waals surface area contributed by atoms with Crippen molar-refractivity contribution in [2.45, 2.75) is 40.0 Å². The highest BCUT2D eigenvalue weighted by Crippen LogP contribution is 2.61. The Morgan fingerprint density at radius 2 is 2.00 bits per heavy atom. The summed E-state index contributed by atoms with van der Waals surface area (Å²) < 4.78 is 5.34. The first kappa shape index (κ1) is 11.9. The van der Waals surface area contributed by atoms with Crippen LogP contribution in [-0.4, -0.2) is 18.4 Å². The van der Waals surface area contributed by atoms with Gasteiger partial charge in [0.2, 0.25) is 0 Å². The molecule has 2 aliphatic carbocycles. The SMILES string of the molecule is CC1=CC(=O)[C@@H]2C(C)(C)CCC[C@@]23C(=O)OC[C@@H]13. The summed E-state index contributed by atoms with van der Waals surface area (Å²) in [6.45, 7) is 6.66. The van der Waals surface area contributed by atoms with Crippen molar-refractivity contribution in [3.8, 4) is 0 Å². The Balaban J connectivity index is 2.20. The van der Waals surface area contributed by atoms with Crippen molar-refractivity contribution in [2.75, 3.05) is 6.61 Å². The molecular weight excluding hydrogens is 228 g/mol. The molecule has 1 saturated heterocycles. The summed E-state index contributed by atoms with van der Waals surface area (Å²) >= 11 is 0. The highest BCUT2D eigenvalue weighted by atomic mass is 16.5. The highest BCUT2D eigenvalue weighted by molar-refractivity contribution is 6.00. The van der Waals surface area contributed by atoms with E-state index in [1.807, 2.05) is 6.92 Å². The Kier molecular flexibility index (Phi) is 2.30. The minimum Gasteiger partial charge on any atom is -0.465 e. The van der Waals surface area contributed by atoms with E-state index in [-0.39, 0.29) is 29.0 Å². The number of hydrogen-bond acceptors (Lipinski definition) is 3. The molecule has 1 spiro atoms. The molecule has 0 unspecified atom stereocenters. The second kappa shape index (κ2) is 3.46. The van der Waals surface area contributed by atoms with Gasteiger partial charge in [-0.15, -0.1) is 0 Å². The van der Waals surface area contributed by atoms with Gasteiger partial charge in [0.15, 0.2) is 5.78 Å². The van der Waals surface area contributed by atoms with Crippen molar-refractivity contribution in [1.29, 1.82) is 0 Å². The topological polar surface area (TPSA) is 43.4 Å². The van der Waals surface area contributed by atoms with Crippen LogP contribution in [0.5, 0.6) is 0 Å². The molecule has 1 aliphatic heterocycles. The van der Waals surface area contributed by atoms with Gasteiger partial charge in [-0.25, -0.2) is 0 Å². The third kappa shape index (κ3) is 1.25. The summed E-state index contributed by atoms with van der Waals surface area (Å²) in [4.78, 5) is 24.8. The van der Waals surface area contributed by atoms with E-state index >= 15 is 0 Å². The van der Waals surface area contributed by atoms with E-state index in [4.69, 9.17) is 4.74 Å². The van der Waals surface area contributed by atoms with Crippen molar-refractivity contribution in [3.05, 3.63) is 11.6 Å². The Morgan fingerprint density at radius 3 is 2.72 bits per heavy atom. The van der Waals surface area contributed by atoms with Gasteiger partial charge in [0.05, 0.1) is 12.0 Å². The molecule has 18 heavy (non-hydrogen) atoms. The van der Waals surface area contributed by atoms with Crippen LogP contribution in [-0.2, 0) is 14.3 Å². The Bertz CT molecular complexity index is 460. The van der Waals surface area contributed by atoms with Crippen LogP contribution in [0.1, 0.15) is 40.0 Å². The average Bonchev–Trinajstić information content (AvgIpc) is 2.55. The fraction of sp³-hybridized carbons (Fsp3) is 0.733. The standard InChI is InChI=1S/C15H20O3/c1-9-7-11(16)12-14(2,3)5-4-6-15(12)10(9)8-18-13(15)17/h7,10,12H,4-6,8H2,1-3H3/t10-,12+,15-/m0/s1. The number of allylic oxidation sites excluding steroid dienone is 1. The van der Waals surface area contributed by atoms with Crippen LogP contribution in [0.2, 0.25) is 0 Å². The fourth-order valence-corrected chi connectivity index (χ4v) is 4.59. The number of carbonyl (C=O) groups is 2. The summed E-state index contributed by atoms with van der Waals surface area (Å²) in [7, 11) is 0. The van der Waals surface area contributed by atoms with Gasteiger partial charge in [-0.2, -0.15) is 0 Å². The molecule has 3 aliphatic rings. The summed E-state index contributed by atoms with van der Waals surface area (Å²) in [6, 6.07) is 0. The van der Waals surface area contributed by atoms with Crippen LogP contribution in [0.25, 0.3) is 0 Å². The van der Waals surface area contributed by atoms with E-state index in [1.54, 1.807) is 6.08 Å². The van der Waals surface area contributed by atoms with E-state index in [2.05, 4.69) is 13.8 Å². The lowest BCUT2D eigenvalue weighted by molar-refractivity contribution is -0.161. The summed E-state index contributed by atoms with van der Waals surface area (Å²) in [5, 5.41) is 0. The van der Waals surface area contributed by atoms with Gasteiger partial charge in [-0.1, -0.05) is 25.8 Å². The van der Waals surface area contributed by atoms with Gasteiger partial charge in [0.25, 0.3) is 0 Å². The normalized spacial score (nSPS) is 41.8. The van der Waals surface area contributed by atoms with Gasteiger partial charge in [0, 0.05) is 11.8 Å². The average molecular weight is 248 g/mol. The zero-order valence-corrected chi connectivity index (χ0v) is 11.3. The second-order valence-electron chi connectivity index (χ2n) is 6.76. The molecule has 3 rings (SSSR count). The number of carbonyl (C=O) groups excluding carboxylic acids is 2. The number of cyclic esters (lactones) is 1. The fourth-order valence-electron chi connectivity index (χ4n) is 4.59. The van der Waals surface area contributed by atoms with Gasteiger partial charge >= 0.3 is 5.97 Å². The number of rotatable bonds is 0. The van der Waals surface area contributed by atoms with Gasteiger partial charge in [-0.3, -0.25) is 9.59 Å². The highest BCUT2D eigenvalue weighted by Gasteiger charge is 2.65. The van der Waals surface area contributed by atoms with E-state index in [1.165, 1.54) is 0 Å². The van der Waals surface area contributed by atoms with Gasteiger partial charge in [-0.05, 0) is 31.3 Å². The number of hydrogen-bond donors (Lipinski definition) is 0. The molecule has 3 nitrogen and oxygen atoms in total. The van der Waals surface area contributed by atoms with E-state index in [9.17, 15) is 9.59 Å². The molecule has 0 N–H and O–H groups in total. The molecular formula is C15H20O3.